The maximum atomic E-state index is 12.2. The molecule has 0 saturated heterocycles. The van der Waals surface area contributed by atoms with Crippen LogP contribution in [-0.2, 0) is 13.1 Å². The van der Waals surface area contributed by atoms with Crippen LogP contribution in [-0.4, -0.2) is 30.8 Å². The Bertz CT molecular complexity index is 853. The number of pyridine rings is 1. The van der Waals surface area contributed by atoms with Crippen LogP contribution in [0.3, 0.4) is 0 Å². The van der Waals surface area contributed by atoms with Gasteiger partial charge in [0.25, 0.3) is 0 Å². The van der Waals surface area contributed by atoms with Crippen molar-refractivity contribution in [3.05, 3.63) is 47.2 Å². The standard InChI is InChI=1S/C16H18N6O2/c1-4-22-11(3)12(10(2)20-22)9-18-15(23)16-19-14(21-24-16)13-7-5-6-8-17-13/h5-8H,4,9H2,1-3H3,(H,18,23). The van der Waals surface area contributed by atoms with Gasteiger partial charge in [-0.2, -0.15) is 10.1 Å². The molecular weight excluding hydrogens is 308 g/mol. The van der Waals surface area contributed by atoms with Gasteiger partial charge >= 0.3 is 11.8 Å². The Kier molecular flexibility index (Phi) is 4.37. The lowest BCUT2D eigenvalue weighted by molar-refractivity contribution is 0.0907. The minimum Gasteiger partial charge on any atom is -0.344 e. The Labute approximate surface area is 138 Å². The maximum absolute atomic E-state index is 12.2. The SMILES string of the molecule is CCn1nc(C)c(CNC(=O)c2nc(-c3ccccn3)no2)c1C. The summed E-state index contributed by atoms with van der Waals surface area (Å²) in [6.07, 6.45) is 1.63. The quantitative estimate of drug-likeness (QED) is 0.769. The van der Waals surface area contributed by atoms with Gasteiger partial charge in [0.1, 0.15) is 5.69 Å². The van der Waals surface area contributed by atoms with Crippen molar-refractivity contribution in [1.29, 1.82) is 0 Å². The lowest BCUT2D eigenvalue weighted by Gasteiger charge is -2.03. The first-order valence-electron chi connectivity index (χ1n) is 7.66. The molecule has 124 valence electrons. The maximum Gasteiger partial charge on any atom is 0.316 e. The van der Waals surface area contributed by atoms with E-state index in [2.05, 4.69) is 25.5 Å². The van der Waals surface area contributed by atoms with E-state index in [0.717, 1.165) is 23.5 Å². The van der Waals surface area contributed by atoms with Gasteiger partial charge in [0, 0.05) is 30.5 Å². The average molecular weight is 326 g/mol. The van der Waals surface area contributed by atoms with E-state index in [4.69, 9.17) is 4.52 Å². The zero-order valence-electron chi connectivity index (χ0n) is 13.8. The third-order valence-corrected chi connectivity index (χ3v) is 3.77. The molecule has 3 heterocycles. The summed E-state index contributed by atoms with van der Waals surface area (Å²) >= 11 is 0. The molecule has 3 aromatic heterocycles. The molecular formula is C16H18N6O2. The highest BCUT2D eigenvalue weighted by molar-refractivity contribution is 5.89. The van der Waals surface area contributed by atoms with Crippen molar-refractivity contribution in [2.45, 2.75) is 33.9 Å². The van der Waals surface area contributed by atoms with Crippen molar-refractivity contribution < 1.29 is 9.32 Å². The lowest BCUT2D eigenvalue weighted by atomic mass is 10.2. The van der Waals surface area contributed by atoms with E-state index in [-0.39, 0.29) is 11.7 Å². The monoisotopic (exact) mass is 326 g/mol. The van der Waals surface area contributed by atoms with Crippen LogP contribution in [0.15, 0.2) is 28.9 Å². The van der Waals surface area contributed by atoms with E-state index < -0.39 is 5.91 Å². The van der Waals surface area contributed by atoms with Gasteiger partial charge in [-0.15, -0.1) is 0 Å². The van der Waals surface area contributed by atoms with Crippen LogP contribution in [0.4, 0.5) is 0 Å². The van der Waals surface area contributed by atoms with Gasteiger partial charge in [0.15, 0.2) is 0 Å². The van der Waals surface area contributed by atoms with Crippen LogP contribution in [0.2, 0.25) is 0 Å². The zero-order chi connectivity index (χ0) is 17.1. The number of hydrogen-bond acceptors (Lipinski definition) is 6. The second kappa shape index (κ2) is 6.61. The van der Waals surface area contributed by atoms with Crippen LogP contribution in [0.25, 0.3) is 11.5 Å². The first-order chi connectivity index (χ1) is 11.6. The van der Waals surface area contributed by atoms with Crippen molar-refractivity contribution in [2.24, 2.45) is 0 Å². The number of carbonyl (C=O) groups excluding carboxylic acids is 1. The number of hydrogen-bond donors (Lipinski definition) is 1. The molecule has 0 aliphatic heterocycles. The van der Waals surface area contributed by atoms with Crippen molar-refractivity contribution in [2.75, 3.05) is 0 Å². The van der Waals surface area contributed by atoms with E-state index in [1.54, 1.807) is 18.3 Å². The smallest absolute Gasteiger partial charge is 0.316 e. The summed E-state index contributed by atoms with van der Waals surface area (Å²) < 4.78 is 6.93. The summed E-state index contributed by atoms with van der Waals surface area (Å²) in [5.41, 5.74) is 3.48. The summed E-state index contributed by atoms with van der Waals surface area (Å²) in [4.78, 5) is 20.4. The summed E-state index contributed by atoms with van der Waals surface area (Å²) in [5, 5.41) is 11.0. The molecule has 0 radical (unpaired) electrons. The molecule has 0 spiro atoms. The van der Waals surface area contributed by atoms with Gasteiger partial charge in [0.05, 0.1) is 5.69 Å². The Hall–Kier alpha value is -3.03. The van der Waals surface area contributed by atoms with E-state index in [0.29, 0.717) is 12.2 Å². The highest BCUT2D eigenvalue weighted by Crippen LogP contribution is 2.14. The summed E-state index contributed by atoms with van der Waals surface area (Å²) in [6, 6.07) is 5.35. The topological polar surface area (TPSA) is 98.7 Å². The first-order valence-corrected chi connectivity index (χ1v) is 7.66. The second-order valence-corrected chi connectivity index (χ2v) is 5.29. The molecule has 24 heavy (non-hydrogen) atoms. The number of carbonyl (C=O) groups is 1. The van der Waals surface area contributed by atoms with Crippen LogP contribution in [0.1, 0.15) is 34.6 Å². The van der Waals surface area contributed by atoms with Crippen molar-refractivity contribution in [1.82, 2.24) is 30.2 Å². The molecule has 0 aliphatic carbocycles. The lowest BCUT2D eigenvalue weighted by Crippen LogP contribution is -2.23. The molecule has 0 saturated carbocycles. The fourth-order valence-electron chi connectivity index (χ4n) is 2.46. The average Bonchev–Trinajstić information content (AvgIpc) is 3.19. The summed E-state index contributed by atoms with van der Waals surface area (Å²) in [5.74, 6) is -0.228. The first kappa shape index (κ1) is 15.9. The van der Waals surface area contributed by atoms with Gasteiger partial charge in [0.2, 0.25) is 5.82 Å². The number of amides is 1. The second-order valence-electron chi connectivity index (χ2n) is 5.29. The number of aryl methyl sites for hydroxylation is 2. The van der Waals surface area contributed by atoms with Crippen LogP contribution in [0.5, 0.6) is 0 Å². The molecule has 0 bridgehead atoms. The van der Waals surface area contributed by atoms with Gasteiger partial charge in [-0.05, 0) is 32.9 Å². The molecule has 8 nitrogen and oxygen atoms in total. The fourth-order valence-corrected chi connectivity index (χ4v) is 2.46. The van der Waals surface area contributed by atoms with Crippen molar-refractivity contribution in [3.63, 3.8) is 0 Å². The highest BCUT2D eigenvalue weighted by atomic mass is 16.5. The normalized spacial score (nSPS) is 10.8. The number of nitrogens with zero attached hydrogens (tertiary/aromatic N) is 5. The Morgan fingerprint density at radius 1 is 1.33 bits per heavy atom. The molecule has 0 atom stereocenters. The molecule has 0 aromatic carbocycles. The number of nitrogens with one attached hydrogen (secondary N) is 1. The summed E-state index contributed by atoms with van der Waals surface area (Å²) in [6.45, 7) is 7.08. The van der Waals surface area contributed by atoms with E-state index in [1.165, 1.54) is 0 Å². The molecule has 3 aromatic rings. The number of aromatic nitrogens is 5. The van der Waals surface area contributed by atoms with E-state index in [9.17, 15) is 4.79 Å². The molecule has 0 fully saturated rings. The third kappa shape index (κ3) is 3.03. The third-order valence-electron chi connectivity index (χ3n) is 3.77. The van der Waals surface area contributed by atoms with Gasteiger partial charge < -0.3 is 9.84 Å². The predicted molar refractivity (Wildman–Crippen MR) is 86.1 cm³/mol. The predicted octanol–water partition coefficient (Wildman–Crippen LogP) is 1.89. The highest BCUT2D eigenvalue weighted by Gasteiger charge is 2.18. The fraction of sp³-hybridized carbons (Fsp3) is 0.312. The molecule has 0 unspecified atom stereocenters. The Morgan fingerprint density at radius 3 is 2.83 bits per heavy atom. The van der Waals surface area contributed by atoms with Gasteiger partial charge in [-0.25, -0.2) is 0 Å². The minimum absolute atomic E-state index is 0.0890. The van der Waals surface area contributed by atoms with Crippen LogP contribution < -0.4 is 5.32 Å². The van der Waals surface area contributed by atoms with Crippen LogP contribution in [0, 0.1) is 13.8 Å². The van der Waals surface area contributed by atoms with E-state index in [1.807, 2.05) is 31.5 Å². The minimum atomic E-state index is -0.423. The zero-order valence-corrected chi connectivity index (χ0v) is 13.8. The summed E-state index contributed by atoms with van der Waals surface area (Å²) in [7, 11) is 0. The molecule has 3 rings (SSSR count). The van der Waals surface area contributed by atoms with Gasteiger partial charge in [-0.3, -0.25) is 14.5 Å². The molecule has 0 aliphatic rings. The van der Waals surface area contributed by atoms with Gasteiger partial charge in [-0.1, -0.05) is 11.2 Å². The molecule has 8 heteroatoms. The molecule has 1 N–H and O–H groups in total. The van der Waals surface area contributed by atoms with E-state index >= 15 is 0 Å². The molecule has 1 amide bonds. The van der Waals surface area contributed by atoms with Crippen molar-refractivity contribution in [3.8, 4) is 11.5 Å². The largest absolute Gasteiger partial charge is 0.344 e. The van der Waals surface area contributed by atoms with Crippen molar-refractivity contribution >= 4 is 5.91 Å². The Morgan fingerprint density at radius 2 is 2.17 bits per heavy atom. The Balaban J connectivity index is 1.70. The van der Waals surface area contributed by atoms with Crippen LogP contribution >= 0.6 is 0 Å². The number of rotatable bonds is 5.